The second-order valence-corrected chi connectivity index (χ2v) is 15.6. The van der Waals surface area contributed by atoms with Crippen LogP contribution in [-0.2, 0) is 30.5 Å². The van der Waals surface area contributed by atoms with E-state index in [1.807, 2.05) is 53.8 Å². The number of hydrogen-bond acceptors (Lipinski definition) is 10. The summed E-state index contributed by atoms with van der Waals surface area (Å²) in [4.78, 5) is 68.9. The van der Waals surface area contributed by atoms with Gasteiger partial charge in [-0.1, -0.05) is 48.5 Å². The number of nitrogens with one attached hydrogen (secondary N) is 4. The number of ether oxygens (including phenoxy) is 2. The van der Waals surface area contributed by atoms with Crippen LogP contribution in [0.5, 0.6) is 0 Å². The molecule has 0 unspecified atom stereocenters. The van der Waals surface area contributed by atoms with Gasteiger partial charge in [-0.05, 0) is 58.3 Å². The first-order valence-electron chi connectivity index (χ1n) is 16.8. The van der Waals surface area contributed by atoms with Gasteiger partial charge >= 0.3 is 12.2 Å². The maximum Gasteiger partial charge on any atom is 0.408 e. The van der Waals surface area contributed by atoms with Crippen LogP contribution in [0.2, 0.25) is 0 Å². The molecular formula is C34H59N5O8S. The minimum Gasteiger partial charge on any atom is -0.444 e. The van der Waals surface area contributed by atoms with Crippen LogP contribution in [0.4, 0.5) is 9.59 Å². The summed E-state index contributed by atoms with van der Waals surface area (Å²) in [5.74, 6) is -1.78. The number of aryl methyl sites for hydroxylation is 1. The number of amides is 4. The van der Waals surface area contributed by atoms with Gasteiger partial charge in [-0.25, -0.2) is 14.6 Å². The minimum absolute atomic E-state index is 0.0433. The van der Waals surface area contributed by atoms with E-state index in [0.29, 0.717) is 18.0 Å². The normalized spacial score (nSPS) is 14.9. The SMILES string of the molecule is Cc1csc(COC(=O)N[C@@H](CNC(=O)OC(C)(C)C)C(=O)N[C@@H](CC(C)C)[C@@H](O)C[C@@H](C)C(=O)C[C@H](C(=O)NCC(C)C)C(C)C)n1. The molecule has 1 heterocycles. The highest BCUT2D eigenvalue weighted by Gasteiger charge is 2.32. The Labute approximate surface area is 290 Å². The third-order valence-corrected chi connectivity index (χ3v) is 8.30. The summed E-state index contributed by atoms with van der Waals surface area (Å²) in [6, 6.07) is -2.05. The topological polar surface area (TPSA) is 185 Å². The highest BCUT2D eigenvalue weighted by Crippen LogP contribution is 2.22. The lowest BCUT2D eigenvalue weighted by atomic mass is 9.84. The van der Waals surface area contributed by atoms with E-state index >= 15 is 0 Å². The third kappa shape index (κ3) is 17.2. The number of aliphatic hydroxyl groups excluding tert-OH is 1. The van der Waals surface area contributed by atoms with Crippen LogP contribution in [-0.4, -0.2) is 76.8 Å². The number of nitrogens with zero attached hydrogens (tertiary/aromatic N) is 1. The monoisotopic (exact) mass is 697 g/mol. The molecule has 0 saturated heterocycles. The van der Waals surface area contributed by atoms with Gasteiger partial charge in [0.15, 0.2) is 0 Å². The van der Waals surface area contributed by atoms with Crippen LogP contribution in [0.3, 0.4) is 0 Å². The number of carbonyl (C=O) groups excluding carboxylic acids is 5. The van der Waals surface area contributed by atoms with Crippen molar-refractivity contribution in [3.05, 3.63) is 16.1 Å². The molecule has 1 aromatic rings. The maximum absolute atomic E-state index is 13.6. The summed E-state index contributed by atoms with van der Waals surface area (Å²) in [5.41, 5.74) is 0.00345. The number of aromatic nitrogens is 1. The maximum atomic E-state index is 13.6. The molecule has 0 bridgehead atoms. The Balaban J connectivity index is 3.02. The number of rotatable bonds is 19. The zero-order valence-electron chi connectivity index (χ0n) is 30.6. The molecule has 0 fully saturated rings. The molecule has 13 nitrogen and oxygen atoms in total. The van der Waals surface area contributed by atoms with Crippen molar-refractivity contribution in [3.63, 3.8) is 0 Å². The van der Waals surface area contributed by atoms with Gasteiger partial charge in [-0.15, -0.1) is 11.3 Å². The lowest BCUT2D eigenvalue weighted by molar-refractivity contribution is -0.132. The Bertz CT molecular complexity index is 1200. The highest BCUT2D eigenvalue weighted by molar-refractivity contribution is 7.09. The predicted octanol–water partition coefficient (Wildman–Crippen LogP) is 4.49. The summed E-state index contributed by atoms with van der Waals surface area (Å²) in [7, 11) is 0. The highest BCUT2D eigenvalue weighted by atomic mass is 32.1. The molecule has 14 heteroatoms. The van der Waals surface area contributed by atoms with Crippen molar-refractivity contribution < 1.29 is 38.6 Å². The first-order valence-corrected chi connectivity index (χ1v) is 17.7. The number of Topliss-reactive ketones (excluding diaryl/α,β-unsaturated/α-hetero) is 1. The summed E-state index contributed by atoms with van der Waals surface area (Å²) in [5, 5.41) is 24.4. The first-order chi connectivity index (χ1) is 22.2. The second kappa shape index (κ2) is 20.3. The average molecular weight is 698 g/mol. The van der Waals surface area contributed by atoms with Crippen molar-refractivity contribution >= 4 is 41.1 Å². The van der Waals surface area contributed by atoms with Crippen molar-refractivity contribution in [2.75, 3.05) is 13.1 Å². The van der Waals surface area contributed by atoms with Gasteiger partial charge in [0.2, 0.25) is 11.8 Å². The quantitative estimate of drug-likeness (QED) is 0.139. The molecule has 1 aromatic heterocycles. The van der Waals surface area contributed by atoms with Crippen molar-refractivity contribution in [1.29, 1.82) is 0 Å². The van der Waals surface area contributed by atoms with Gasteiger partial charge in [-0.2, -0.15) is 0 Å². The molecule has 0 saturated carbocycles. The number of ketones is 1. The summed E-state index contributed by atoms with van der Waals surface area (Å²) < 4.78 is 10.5. The number of aliphatic hydroxyl groups is 1. The Kier molecular flexibility index (Phi) is 18.1. The summed E-state index contributed by atoms with van der Waals surface area (Å²) >= 11 is 1.33. The molecule has 5 atom stereocenters. The van der Waals surface area contributed by atoms with Crippen molar-refractivity contribution in [3.8, 4) is 0 Å². The Morgan fingerprint density at radius 3 is 2.04 bits per heavy atom. The van der Waals surface area contributed by atoms with Gasteiger partial charge in [0, 0.05) is 35.9 Å². The Morgan fingerprint density at radius 1 is 0.875 bits per heavy atom. The van der Waals surface area contributed by atoms with Gasteiger partial charge in [0.1, 0.15) is 29.0 Å². The Morgan fingerprint density at radius 2 is 1.52 bits per heavy atom. The van der Waals surface area contributed by atoms with E-state index in [4.69, 9.17) is 9.47 Å². The van der Waals surface area contributed by atoms with Crippen LogP contribution >= 0.6 is 11.3 Å². The van der Waals surface area contributed by atoms with Crippen molar-refractivity contribution in [1.82, 2.24) is 26.3 Å². The molecule has 48 heavy (non-hydrogen) atoms. The van der Waals surface area contributed by atoms with Gasteiger partial charge in [0.05, 0.1) is 18.7 Å². The van der Waals surface area contributed by atoms with E-state index in [0.717, 1.165) is 5.69 Å². The third-order valence-electron chi connectivity index (χ3n) is 7.36. The number of hydrogen-bond donors (Lipinski definition) is 5. The molecule has 0 aliphatic carbocycles. The van der Waals surface area contributed by atoms with E-state index in [1.165, 1.54) is 11.3 Å². The lowest BCUT2D eigenvalue weighted by Crippen LogP contribution is -2.57. The van der Waals surface area contributed by atoms with Crippen LogP contribution in [0.25, 0.3) is 0 Å². The van der Waals surface area contributed by atoms with E-state index in [1.54, 1.807) is 27.7 Å². The molecule has 0 aliphatic rings. The molecular weight excluding hydrogens is 638 g/mol. The van der Waals surface area contributed by atoms with Crippen LogP contribution in [0.15, 0.2) is 5.38 Å². The smallest absolute Gasteiger partial charge is 0.408 e. The van der Waals surface area contributed by atoms with Crippen LogP contribution in [0.1, 0.15) is 99.2 Å². The van der Waals surface area contributed by atoms with Gasteiger partial charge in [0.25, 0.3) is 0 Å². The largest absolute Gasteiger partial charge is 0.444 e. The van der Waals surface area contributed by atoms with Crippen LogP contribution in [0, 0.1) is 36.5 Å². The summed E-state index contributed by atoms with van der Waals surface area (Å²) in [6.07, 6.45) is -2.31. The molecule has 5 N–H and O–H groups in total. The first kappa shape index (κ1) is 42.8. The van der Waals surface area contributed by atoms with Crippen molar-refractivity contribution in [2.24, 2.45) is 29.6 Å². The summed E-state index contributed by atoms with van der Waals surface area (Å²) in [6.45, 7) is 20.4. The van der Waals surface area contributed by atoms with E-state index in [-0.39, 0.29) is 55.4 Å². The molecule has 0 aromatic carbocycles. The molecule has 4 amide bonds. The molecule has 0 spiro atoms. The number of alkyl carbamates (subject to hydrolysis) is 2. The molecule has 0 radical (unpaired) electrons. The van der Waals surface area contributed by atoms with Crippen LogP contribution < -0.4 is 21.3 Å². The van der Waals surface area contributed by atoms with E-state index < -0.39 is 53.7 Å². The van der Waals surface area contributed by atoms with Gasteiger partial charge in [-0.3, -0.25) is 14.4 Å². The standard InChI is InChI=1S/C34H59N5O8S/c1-19(2)12-25(28(41)13-22(7)27(40)14-24(21(5)6)30(42)35-15-20(3)4)38-31(43)26(16-36-32(44)47-34(9,10)11)39-33(45)46-17-29-37-23(8)18-48-29/h18-22,24-26,28,41H,12-17H2,1-11H3,(H,35,42)(H,36,44)(H,38,43)(H,39,45)/t22-,24+,25+,26+,28+/m1/s1. The second-order valence-electron chi connectivity index (χ2n) is 14.6. The van der Waals surface area contributed by atoms with E-state index in [2.05, 4.69) is 26.3 Å². The molecule has 274 valence electrons. The Hall–Kier alpha value is -3.26. The number of thiazole rings is 1. The molecule has 1 rings (SSSR count). The van der Waals surface area contributed by atoms with E-state index in [9.17, 15) is 29.1 Å². The average Bonchev–Trinajstić information content (AvgIpc) is 3.38. The lowest BCUT2D eigenvalue weighted by Gasteiger charge is -2.30. The fourth-order valence-electron chi connectivity index (χ4n) is 4.74. The number of carbonyl (C=O) groups is 5. The zero-order valence-corrected chi connectivity index (χ0v) is 31.4. The predicted molar refractivity (Wildman–Crippen MR) is 185 cm³/mol. The van der Waals surface area contributed by atoms with Crippen molar-refractivity contribution in [2.45, 2.75) is 126 Å². The fourth-order valence-corrected chi connectivity index (χ4v) is 5.42. The zero-order chi connectivity index (χ0) is 36.8. The molecule has 0 aliphatic heterocycles. The fraction of sp³-hybridized carbons (Fsp3) is 0.765. The minimum atomic E-state index is -1.28. The van der Waals surface area contributed by atoms with Gasteiger partial charge < -0.3 is 35.8 Å².